The molecule has 2 aromatic carbocycles. The van der Waals surface area contributed by atoms with Crippen LogP contribution in [0.1, 0.15) is 31.7 Å². The van der Waals surface area contributed by atoms with Crippen LogP contribution in [0.5, 0.6) is 0 Å². The molecule has 1 unspecified atom stereocenters. The maximum absolute atomic E-state index is 10.8. The van der Waals surface area contributed by atoms with E-state index in [-0.39, 0.29) is 0 Å². The number of rotatable bonds is 5. The first kappa shape index (κ1) is 16.5. The lowest BCUT2D eigenvalue weighted by molar-refractivity contribution is 0.0383. The molecule has 1 atom stereocenters. The van der Waals surface area contributed by atoms with E-state index in [1.807, 2.05) is 43.3 Å². The quantitative estimate of drug-likeness (QED) is 0.859. The van der Waals surface area contributed by atoms with E-state index >= 15 is 0 Å². The van der Waals surface area contributed by atoms with Gasteiger partial charge in [-0.25, -0.2) is 0 Å². The van der Waals surface area contributed by atoms with E-state index in [1.54, 1.807) is 0 Å². The molecule has 1 aliphatic rings. The van der Waals surface area contributed by atoms with E-state index in [0.717, 1.165) is 34.7 Å². The molecule has 0 radical (unpaired) electrons. The second-order valence-corrected chi connectivity index (χ2v) is 7.09. The lowest BCUT2D eigenvalue weighted by atomic mass is 9.91. The second-order valence-electron chi connectivity index (χ2n) is 6.66. The molecule has 0 amide bonds. The van der Waals surface area contributed by atoms with E-state index in [9.17, 15) is 5.11 Å². The SMILES string of the molecule is CC(O)(CCN1CCCC1)c1ccc(-c2ccc(Cl)cc2)cc1. The van der Waals surface area contributed by atoms with Crippen LogP contribution in [0.3, 0.4) is 0 Å². The molecule has 0 bridgehead atoms. The van der Waals surface area contributed by atoms with Gasteiger partial charge in [-0.05, 0) is 68.1 Å². The summed E-state index contributed by atoms with van der Waals surface area (Å²) in [6.07, 6.45) is 3.35. The minimum atomic E-state index is -0.777. The van der Waals surface area contributed by atoms with Crippen LogP contribution in [0.2, 0.25) is 5.02 Å². The van der Waals surface area contributed by atoms with Gasteiger partial charge in [-0.1, -0.05) is 48.0 Å². The van der Waals surface area contributed by atoms with Gasteiger partial charge in [0, 0.05) is 11.6 Å². The highest BCUT2D eigenvalue weighted by molar-refractivity contribution is 6.30. The molecule has 2 nitrogen and oxygen atoms in total. The summed E-state index contributed by atoms with van der Waals surface area (Å²) >= 11 is 5.94. The van der Waals surface area contributed by atoms with Crippen LogP contribution in [0, 0.1) is 0 Å². The van der Waals surface area contributed by atoms with E-state index in [1.165, 1.54) is 25.9 Å². The third-order valence-corrected chi connectivity index (χ3v) is 5.05. The van der Waals surface area contributed by atoms with Crippen molar-refractivity contribution in [2.75, 3.05) is 19.6 Å². The molecule has 0 spiro atoms. The zero-order chi connectivity index (χ0) is 16.3. The standard InChI is InChI=1S/C20H24ClNO/c1-20(23,12-15-22-13-2-3-14-22)18-8-4-16(5-9-18)17-6-10-19(21)11-7-17/h4-11,23H,2-3,12-15H2,1H3. The van der Waals surface area contributed by atoms with Crippen LogP contribution in [-0.4, -0.2) is 29.6 Å². The molecule has 0 saturated carbocycles. The zero-order valence-electron chi connectivity index (χ0n) is 13.6. The van der Waals surface area contributed by atoms with E-state index in [4.69, 9.17) is 11.6 Å². The number of benzene rings is 2. The Morgan fingerprint density at radius 2 is 1.48 bits per heavy atom. The van der Waals surface area contributed by atoms with Crippen LogP contribution in [0.4, 0.5) is 0 Å². The molecule has 1 N–H and O–H groups in total. The van der Waals surface area contributed by atoms with Crippen molar-refractivity contribution in [2.24, 2.45) is 0 Å². The normalized spacial score (nSPS) is 18.0. The van der Waals surface area contributed by atoms with Gasteiger partial charge in [-0.2, -0.15) is 0 Å². The van der Waals surface area contributed by atoms with Crippen molar-refractivity contribution in [3.63, 3.8) is 0 Å². The first-order valence-corrected chi connectivity index (χ1v) is 8.74. The van der Waals surface area contributed by atoms with Gasteiger partial charge in [0.15, 0.2) is 0 Å². The number of aliphatic hydroxyl groups is 1. The summed E-state index contributed by atoms with van der Waals surface area (Å²) in [6, 6.07) is 16.0. The van der Waals surface area contributed by atoms with Gasteiger partial charge in [0.05, 0.1) is 5.60 Å². The number of likely N-dealkylation sites (tertiary alicyclic amines) is 1. The van der Waals surface area contributed by atoms with Crippen molar-refractivity contribution in [3.8, 4) is 11.1 Å². The molecule has 0 aliphatic carbocycles. The summed E-state index contributed by atoms with van der Waals surface area (Å²) in [4.78, 5) is 2.44. The maximum Gasteiger partial charge on any atom is 0.0880 e. The highest BCUT2D eigenvalue weighted by Gasteiger charge is 2.24. The second kappa shape index (κ2) is 7.04. The van der Waals surface area contributed by atoms with Crippen LogP contribution in [0.25, 0.3) is 11.1 Å². The Balaban J connectivity index is 1.68. The van der Waals surface area contributed by atoms with Crippen molar-refractivity contribution < 1.29 is 5.11 Å². The summed E-state index contributed by atoms with van der Waals surface area (Å²) in [7, 11) is 0. The molecule has 122 valence electrons. The Bertz CT molecular complexity index is 628. The average Bonchev–Trinajstić information content (AvgIpc) is 3.08. The van der Waals surface area contributed by atoms with Crippen molar-refractivity contribution in [1.29, 1.82) is 0 Å². The number of hydrogen-bond donors (Lipinski definition) is 1. The lowest BCUT2D eigenvalue weighted by Gasteiger charge is -2.27. The smallest absolute Gasteiger partial charge is 0.0880 e. The summed E-state index contributed by atoms with van der Waals surface area (Å²) in [6.45, 7) is 5.23. The number of halogens is 1. The fraction of sp³-hybridized carbons (Fsp3) is 0.400. The van der Waals surface area contributed by atoms with Crippen LogP contribution < -0.4 is 0 Å². The Labute approximate surface area is 143 Å². The molecule has 3 rings (SSSR count). The Morgan fingerprint density at radius 3 is 2.04 bits per heavy atom. The molecule has 23 heavy (non-hydrogen) atoms. The summed E-state index contributed by atoms with van der Waals surface area (Å²) in [5.74, 6) is 0. The van der Waals surface area contributed by atoms with Gasteiger partial charge < -0.3 is 10.0 Å². The molecule has 0 aromatic heterocycles. The fourth-order valence-electron chi connectivity index (χ4n) is 3.19. The average molecular weight is 330 g/mol. The Kier molecular flexibility index (Phi) is 5.05. The first-order valence-electron chi connectivity index (χ1n) is 8.36. The molecule has 1 fully saturated rings. The highest BCUT2D eigenvalue weighted by Crippen LogP contribution is 2.28. The van der Waals surface area contributed by atoms with E-state index in [2.05, 4.69) is 17.0 Å². The van der Waals surface area contributed by atoms with E-state index in [0.29, 0.717) is 0 Å². The highest BCUT2D eigenvalue weighted by atomic mass is 35.5. The molecular weight excluding hydrogens is 306 g/mol. The topological polar surface area (TPSA) is 23.5 Å². The predicted octanol–water partition coefficient (Wildman–Crippen LogP) is 4.70. The third kappa shape index (κ3) is 4.14. The minimum absolute atomic E-state index is 0.746. The first-order chi connectivity index (χ1) is 11.0. The predicted molar refractivity (Wildman–Crippen MR) is 96.7 cm³/mol. The number of nitrogens with zero attached hydrogens (tertiary/aromatic N) is 1. The van der Waals surface area contributed by atoms with Crippen LogP contribution in [0.15, 0.2) is 48.5 Å². The zero-order valence-corrected chi connectivity index (χ0v) is 14.4. The molecule has 2 aromatic rings. The molecule has 1 heterocycles. The molecule has 3 heteroatoms. The molecule has 1 saturated heterocycles. The summed E-state index contributed by atoms with van der Waals surface area (Å²) in [5.41, 5.74) is 2.48. The van der Waals surface area contributed by atoms with Crippen molar-refractivity contribution >= 4 is 11.6 Å². The fourth-order valence-corrected chi connectivity index (χ4v) is 3.32. The van der Waals surface area contributed by atoms with Crippen LogP contribution >= 0.6 is 11.6 Å². The van der Waals surface area contributed by atoms with Gasteiger partial charge >= 0.3 is 0 Å². The summed E-state index contributed by atoms with van der Waals surface area (Å²) < 4.78 is 0. The molecule has 1 aliphatic heterocycles. The minimum Gasteiger partial charge on any atom is -0.385 e. The van der Waals surface area contributed by atoms with E-state index < -0.39 is 5.60 Å². The van der Waals surface area contributed by atoms with Gasteiger partial charge in [0.1, 0.15) is 0 Å². The van der Waals surface area contributed by atoms with Crippen molar-refractivity contribution in [1.82, 2.24) is 4.90 Å². The van der Waals surface area contributed by atoms with Crippen LogP contribution in [-0.2, 0) is 5.60 Å². The molecular formula is C20H24ClNO. The largest absolute Gasteiger partial charge is 0.385 e. The Hall–Kier alpha value is -1.35. The van der Waals surface area contributed by atoms with Crippen molar-refractivity contribution in [3.05, 3.63) is 59.1 Å². The number of hydrogen-bond acceptors (Lipinski definition) is 2. The monoisotopic (exact) mass is 329 g/mol. The Morgan fingerprint density at radius 1 is 0.957 bits per heavy atom. The van der Waals surface area contributed by atoms with Crippen molar-refractivity contribution in [2.45, 2.75) is 31.8 Å². The van der Waals surface area contributed by atoms with Gasteiger partial charge in [-0.3, -0.25) is 0 Å². The van der Waals surface area contributed by atoms with Gasteiger partial charge in [0.25, 0.3) is 0 Å². The lowest BCUT2D eigenvalue weighted by Crippen LogP contribution is -2.29. The van der Waals surface area contributed by atoms with Gasteiger partial charge in [0.2, 0.25) is 0 Å². The summed E-state index contributed by atoms with van der Waals surface area (Å²) in [5, 5.41) is 11.5. The third-order valence-electron chi connectivity index (χ3n) is 4.80. The maximum atomic E-state index is 10.8. The van der Waals surface area contributed by atoms with Gasteiger partial charge in [-0.15, -0.1) is 0 Å².